The summed E-state index contributed by atoms with van der Waals surface area (Å²) in [4.78, 5) is 0. The molecular formula is C21H17BrO. The predicted octanol–water partition coefficient (Wildman–Crippen LogP) is 6.20. The van der Waals surface area contributed by atoms with Crippen molar-refractivity contribution in [1.29, 1.82) is 0 Å². The molecule has 0 N–H and O–H groups in total. The molecule has 0 unspecified atom stereocenters. The van der Waals surface area contributed by atoms with E-state index in [1.807, 2.05) is 48.5 Å². The molecule has 0 heterocycles. The molecule has 0 aliphatic rings. The van der Waals surface area contributed by atoms with Crippen LogP contribution in [-0.4, -0.2) is 0 Å². The van der Waals surface area contributed by atoms with Gasteiger partial charge in [0, 0.05) is 10.0 Å². The third-order valence-corrected chi connectivity index (χ3v) is 3.96. The van der Waals surface area contributed by atoms with Gasteiger partial charge in [-0.05, 0) is 29.3 Å². The van der Waals surface area contributed by atoms with Crippen molar-refractivity contribution in [2.45, 2.75) is 6.61 Å². The molecule has 0 amide bonds. The van der Waals surface area contributed by atoms with Gasteiger partial charge in [-0.3, -0.25) is 0 Å². The molecule has 0 spiro atoms. The lowest BCUT2D eigenvalue weighted by molar-refractivity contribution is 0.305. The Balaban J connectivity index is 1.79. The largest absolute Gasteiger partial charge is 0.488 e. The first kappa shape index (κ1) is 15.6. The Kier molecular flexibility index (Phi) is 5.28. The van der Waals surface area contributed by atoms with Gasteiger partial charge in [-0.25, -0.2) is 0 Å². The van der Waals surface area contributed by atoms with Gasteiger partial charge < -0.3 is 4.74 Å². The van der Waals surface area contributed by atoms with Crippen molar-refractivity contribution >= 4 is 28.1 Å². The molecule has 0 saturated carbocycles. The maximum atomic E-state index is 5.99. The first-order valence-electron chi connectivity index (χ1n) is 7.51. The molecule has 2 heteroatoms. The highest BCUT2D eigenvalue weighted by Crippen LogP contribution is 2.26. The van der Waals surface area contributed by atoms with Crippen molar-refractivity contribution < 1.29 is 4.74 Å². The average molecular weight is 365 g/mol. The first-order chi connectivity index (χ1) is 11.3. The Hall–Kier alpha value is -2.32. The highest BCUT2D eigenvalue weighted by atomic mass is 79.9. The Bertz CT molecular complexity index is 779. The minimum Gasteiger partial charge on any atom is -0.488 e. The van der Waals surface area contributed by atoms with Gasteiger partial charge in [0.25, 0.3) is 0 Å². The smallest absolute Gasteiger partial charge is 0.127 e. The molecule has 23 heavy (non-hydrogen) atoms. The van der Waals surface area contributed by atoms with Gasteiger partial charge in [-0.15, -0.1) is 0 Å². The zero-order valence-electron chi connectivity index (χ0n) is 12.7. The van der Waals surface area contributed by atoms with Crippen LogP contribution in [0, 0.1) is 0 Å². The van der Waals surface area contributed by atoms with Crippen molar-refractivity contribution in [3.05, 3.63) is 100 Å². The fraction of sp³-hybridized carbons (Fsp3) is 0.0476. The van der Waals surface area contributed by atoms with Gasteiger partial charge in [0.05, 0.1) is 0 Å². The summed E-state index contributed by atoms with van der Waals surface area (Å²) in [5, 5.41) is 0. The maximum absolute atomic E-state index is 5.99. The molecule has 3 rings (SSSR count). The fourth-order valence-corrected chi connectivity index (χ4v) is 2.65. The second-order valence-electron chi connectivity index (χ2n) is 5.20. The van der Waals surface area contributed by atoms with E-state index in [2.05, 4.69) is 58.4 Å². The molecule has 0 bridgehead atoms. The summed E-state index contributed by atoms with van der Waals surface area (Å²) >= 11 is 3.53. The Labute approximate surface area is 145 Å². The zero-order chi connectivity index (χ0) is 15.9. The zero-order valence-corrected chi connectivity index (χ0v) is 14.2. The molecule has 114 valence electrons. The van der Waals surface area contributed by atoms with E-state index in [0.29, 0.717) is 6.61 Å². The lowest BCUT2D eigenvalue weighted by Gasteiger charge is -2.10. The summed E-state index contributed by atoms with van der Waals surface area (Å²) < 4.78 is 7.03. The molecule has 1 nitrogen and oxygen atoms in total. The molecule has 3 aromatic rings. The highest BCUT2D eigenvalue weighted by Gasteiger charge is 2.03. The normalized spacial score (nSPS) is 10.8. The molecular weight excluding hydrogens is 348 g/mol. The van der Waals surface area contributed by atoms with Crippen molar-refractivity contribution in [2.75, 3.05) is 0 Å². The number of hydrogen-bond acceptors (Lipinski definition) is 1. The summed E-state index contributed by atoms with van der Waals surface area (Å²) in [6.07, 6.45) is 4.18. The van der Waals surface area contributed by atoms with Gasteiger partial charge >= 0.3 is 0 Å². The summed E-state index contributed by atoms with van der Waals surface area (Å²) in [6.45, 7) is 0.564. The van der Waals surface area contributed by atoms with Crippen LogP contribution in [0.15, 0.2) is 83.3 Å². The molecule has 3 aromatic carbocycles. The van der Waals surface area contributed by atoms with E-state index in [-0.39, 0.29) is 0 Å². The Morgan fingerprint density at radius 2 is 1.48 bits per heavy atom. The summed E-state index contributed by atoms with van der Waals surface area (Å²) in [6, 6.07) is 26.5. The van der Waals surface area contributed by atoms with Crippen LogP contribution in [-0.2, 0) is 6.61 Å². The summed E-state index contributed by atoms with van der Waals surface area (Å²) in [5.74, 6) is 0.879. The topological polar surface area (TPSA) is 9.23 Å². The molecule has 0 fully saturated rings. The Morgan fingerprint density at radius 3 is 2.22 bits per heavy atom. The van der Waals surface area contributed by atoms with Crippen molar-refractivity contribution in [1.82, 2.24) is 0 Å². The van der Waals surface area contributed by atoms with E-state index in [1.165, 1.54) is 5.56 Å². The van der Waals surface area contributed by atoms with Gasteiger partial charge in [0.15, 0.2) is 0 Å². The number of halogens is 1. The van der Waals surface area contributed by atoms with Crippen LogP contribution in [0.5, 0.6) is 5.75 Å². The van der Waals surface area contributed by atoms with E-state index in [4.69, 9.17) is 4.74 Å². The molecule has 0 atom stereocenters. The van der Waals surface area contributed by atoms with Crippen LogP contribution < -0.4 is 4.74 Å². The monoisotopic (exact) mass is 364 g/mol. The Morgan fingerprint density at radius 1 is 0.783 bits per heavy atom. The SMILES string of the molecule is Brc1ccc(OCc2ccccc2)c(C=Cc2ccccc2)c1. The van der Waals surface area contributed by atoms with Crippen LogP contribution in [0.2, 0.25) is 0 Å². The van der Waals surface area contributed by atoms with Crippen molar-refractivity contribution in [3.8, 4) is 5.75 Å². The second-order valence-corrected chi connectivity index (χ2v) is 6.12. The predicted molar refractivity (Wildman–Crippen MR) is 100 cm³/mol. The lowest BCUT2D eigenvalue weighted by atomic mass is 10.1. The maximum Gasteiger partial charge on any atom is 0.127 e. The molecule has 0 aliphatic heterocycles. The summed E-state index contributed by atoms with van der Waals surface area (Å²) in [7, 11) is 0. The van der Waals surface area contributed by atoms with E-state index in [0.717, 1.165) is 21.3 Å². The van der Waals surface area contributed by atoms with Crippen molar-refractivity contribution in [3.63, 3.8) is 0 Å². The van der Waals surface area contributed by atoms with Crippen molar-refractivity contribution in [2.24, 2.45) is 0 Å². The van der Waals surface area contributed by atoms with Crippen LogP contribution in [0.1, 0.15) is 16.7 Å². The molecule has 0 aliphatic carbocycles. The number of benzene rings is 3. The minimum absolute atomic E-state index is 0.564. The van der Waals surface area contributed by atoms with E-state index in [1.54, 1.807) is 0 Å². The quantitative estimate of drug-likeness (QED) is 0.489. The summed E-state index contributed by atoms with van der Waals surface area (Å²) in [5.41, 5.74) is 3.38. The van der Waals surface area contributed by atoms with E-state index >= 15 is 0 Å². The average Bonchev–Trinajstić information content (AvgIpc) is 2.61. The third-order valence-electron chi connectivity index (χ3n) is 3.46. The second kappa shape index (κ2) is 7.80. The van der Waals surface area contributed by atoms with Gasteiger partial charge in [-0.2, -0.15) is 0 Å². The standard InChI is InChI=1S/C21H17BrO/c22-20-13-14-21(23-16-18-9-5-2-6-10-18)19(15-20)12-11-17-7-3-1-4-8-17/h1-15H,16H2. The first-order valence-corrected chi connectivity index (χ1v) is 8.30. The lowest BCUT2D eigenvalue weighted by Crippen LogP contribution is -1.96. The van der Waals surface area contributed by atoms with E-state index in [9.17, 15) is 0 Å². The van der Waals surface area contributed by atoms with Gasteiger partial charge in [0.1, 0.15) is 12.4 Å². The van der Waals surface area contributed by atoms with E-state index < -0.39 is 0 Å². The molecule has 0 aromatic heterocycles. The third kappa shape index (κ3) is 4.57. The van der Waals surface area contributed by atoms with Crippen LogP contribution in [0.3, 0.4) is 0 Å². The number of ether oxygens (including phenoxy) is 1. The minimum atomic E-state index is 0.564. The fourth-order valence-electron chi connectivity index (χ4n) is 2.27. The van der Waals surface area contributed by atoms with Crippen LogP contribution >= 0.6 is 15.9 Å². The van der Waals surface area contributed by atoms with Crippen LogP contribution in [0.4, 0.5) is 0 Å². The molecule has 0 saturated heterocycles. The molecule has 0 radical (unpaired) electrons. The van der Waals surface area contributed by atoms with Gasteiger partial charge in [0.2, 0.25) is 0 Å². The van der Waals surface area contributed by atoms with Gasteiger partial charge in [-0.1, -0.05) is 88.7 Å². The number of rotatable bonds is 5. The number of hydrogen-bond donors (Lipinski definition) is 0. The highest BCUT2D eigenvalue weighted by molar-refractivity contribution is 9.10. The van der Waals surface area contributed by atoms with Crippen LogP contribution in [0.25, 0.3) is 12.2 Å².